The normalized spacial score (nSPS) is 12.4. The van der Waals surface area contributed by atoms with Gasteiger partial charge in [0.25, 0.3) is 5.56 Å². The summed E-state index contributed by atoms with van der Waals surface area (Å²) in [5.74, 6) is 0.0466. The van der Waals surface area contributed by atoms with Crippen molar-refractivity contribution >= 4 is 56.8 Å². The topological polar surface area (TPSA) is 79.4 Å². The number of nitrogens with one attached hydrogen (secondary N) is 1. The first-order chi connectivity index (χ1) is 12.9. The SMILES string of the molecule is COc1cc(Br)c(C=c2sc(=CC(=O)c3ccc(Cl)cc3)[nH]c2=O)cc1O. The van der Waals surface area contributed by atoms with Crippen LogP contribution in [0.15, 0.2) is 45.7 Å². The van der Waals surface area contributed by atoms with Gasteiger partial charge in [-0.25, -0.2) is 0 Å². The predicted molar refractivity (Wildman–Crippen MR) is 110 cm³/mol. The van der Waals surface area contributed by atoms with Gasteiger partial charge < -0.3 is 14.8 Å². The van der Waals surface area contributed by atoms with Crippen molar-refractivity contribution in [2.45, 2.75) is 0 Å². The van der Waals surface area contributed by atoms with Crippen LogP contribution in [0.4, 0.5) is 0 Å². The maximum atomic E-state index is 12.3. The summed E-state index contributed by atoms with van der Waals surface area (Å²) in [5, 5.41) is 10.5. The molecule has 0 spiro atoms. The second-order valence-corrected chi connectivity index (χ2v) is 7.86. The number of phenols is 1. The molecule has 0 aliphatic carbocycles. The van der Waals surface area contributed by atoms with Crippen LogP contribution in [0.5, 0.6) is 11.5 Å². The van der Waals surface area contributed by atoms with Gasteiger partial charge in [0.2, 0.25) is 0 Å². The van der Waals surface area contributed by atoms with E-state index in [0.29, 0.717) is 35.6 Å². The smallest absolute Gasteiger partial charge is 0.266 e. The molecule has 0 unspecified atom stereocenters. The molecule has 2 N–H and O–H groups in total. The van der Waals surface area contributed by atoms with Crippen molar-refractivity contribution in [2.75, 3.05) is 7.11 Å². The van der Waals surface area contributed by atoms with Crippen LogP contribution < -0.4 is 19.5 Å². The summed E-state index contributed by atoms with van der Waals surface area (Å²) in [6, 6.07) is 9.61. The molecule has 138 valence electrons. The Morgan fingerprint density at radius 1 is 1.30 bits per heavy atom. The fourth-order valence-electron chi connectivity index (χ4n) is 2.32. The molecule has 27 heavy (non-hydrogen) atoms. The molecule has 0 saturated carbocycles. The minimum Gasteiger partial charge on any atom is -0.504 e. The molecule has 0 atom stereocenters. The minimum atomic E-state index is -0.322. The number of aromatic nitrogens is 1. The number of Topliss-reactive ketones (excluding diaryl/α,β-unsaturated/α-hetero) is 1. The van der Waals surface area contributed by atoms with Gasteiger partial charge in [0.1, 0.15) is 0 Å². The zero-order valence-electron chi connectivity index (χ0n) is 14.0. The fourth-order valence-corrected chi connectivity index (χ4v) is 3.76. The van der Waals surface area contributed by atoms with Crippen LogP contribution in [0.2, 0.25) is 5.02 Å². The number of benzene rings is 2. The van der Waals surface area contributed by atoms with E-state index in [-0.39, 0.29) is 17.1 Å². The molecule has 2 aromatic carbocycles. The number of hydrogen-bond donors (Lipinski definition) is 2. The number of hydrogen-bond acceptors (Lipinski definition) is 5. The first-order valence-electron chi connectivity index (χ1n) is 7.66. The van der Waals surface area contributed by atoms with Gasteiger partial charge in [0, 0.05) is 21.1 Å². The molecule has 0 amide bonds. The Kier molecular flexibility index (Phi) is 5.84. The molecule has 0 aliphatic rings. The van der Waals surface area contributed by atoms with E-state index in [1.165, 1.54) is 19.3 Å². The summed E-state index contributed by atoms with van der Waals surface area (Å²) < 4.78 is 6.53. The van der Waals surface area contributed by atoms with E-state index < -0.39 is 0 Å². The maximum Gasteiger partial charge on any atom is 0.266 e. The number of rotatable bonds is 4. The quantitative estimate of drug-likeness (QED) is 0.579. The van der Waals surface area contributed by atoms with Crippen LogP contribution >= 0.6 is 38.9 Å². The fraction of sp³-hybridized carbons (Fsp3) is 0.0526. The largest absolute Gasteiger partial charge is 0.504 e. The summed E-state index contributed by atoms with van der Waals surface area (Å²) in [7, 11) is 1.45. The van der Waals surface area contributed by atoms with Gasteiger partial charge in [-0.3, -0.25) is 9.59 Å². The van der Waals surface area contributed by atoms with Crippen molar-refractivity contribution in [3.05, 3.63) is 76.6 Å². The molecule has 0 radical (unpaired) electrons. The van der Waals surface area contributed by atoms with E-state index in [2.05, 4.69) is 20.9 Å². The Morgan fingerprint density at radius 2 is 2.00 bits per heavy atom. The Hall–Kier alpha value is -2.35. The average molecular weight is 467 g/mol. The molecule has 0 fully saturated rings. The number of thiazole rings is 1. The van der Waals surface area contributed by atoms with Crippen LogP contribution in [-0.2, 0) is 0 Å². The van der Waals surface area contributed by atoms with Gasteiger partial charge in [0.15, 0.2) is 17.3 Å². The van der Waals surface area contributed by atoms with Crippen LogP contribution in [0.25, 0.3) is 12.2 Å². The van der Waals surface area contributed by atoms with E-state index in [4.69, 9.17) is 16.3 Å². The average Bonchev–Trinajstić information content (AvgIpc) is 2.97. The number of ketones is 1. The first kappa shape index (κ1) is 19.4. The number of ether oxygens (including phenoxy) is 1. The van der Waals surface area contributed by atoms with Gasteiger partial charge in [-0.1, -0.05) is 27.5 Å². The van der Waals surface area contributed by atoms with Gasteiger partial charge in [-0.2, -0.15) is 0 Å². The Bertz CT molecular complexity index is 1180. The number of carbonyl (C=O) groups excluding carboxylic acids is 1. The summed E-state index contributed by atoms with van der Waals surface area (Å²) in [6.07, 6.45) is 2.99. The van der Waals surface area contributed by atoms with Gasteiger partial charge in [0.05, 0.1) is 16.3 Å². The molecular weight excluding hydrogens is 454 g/mol. The molecule has 8 heteroatoms. The third-order valence-electron chi connectivity index (χ3n) is 3.66. The molecule has 0 saturated heterocycles. The van der Waals surface area contributed by atoms with Gasteiger partial charge in [-0.05, 0) is 48.0 Å². The molecule has 1 heterocycles. The van der Waals surface area contributed by atoms with Crippen molar-refractivity contribution in [3.8, 4) is 11.5 Å². The Labute approximate surface area is 171 Å². The third-order valence-corrected chi connectivity index (χ3v) is 5.56. The summed E-state index contributed by atoms with van der Waals surface area (Å²) in [4.78, 5) is 27.2. The van der Waals surface area contributed by atoms with Crippen molar-refractivity contribution < 1.29 is 14.6 Å². The third kappa shape index (κ3) is 4.50. The first-order valence-corrected chi connectivity index (χ1v) is 9.65. The number of H-pyrrole nitrogens is 1. The molecule has 1 aromatic heterocycles. The number of methoxy groups -OCH3 is 1. The lowest BCUT2D eigenvalue weighted by Crippen LogP contribution is -2.20. The van der Waals surface area contributed by atoms with Gasteiger partial charge >= 0.3 is 0 Å². The molecule has 5 nitrogen and oxygen atoms in total. The zero-order chi connectivity index (χ0) is 19.6. The number of carbonyl (C=O) groups is 1. The Morgan fingerprint density at radius 3 is 2.67 bits per heavy atom. The number of halogens is 2. The number of aromatic amines is 1. The highest BCUT2D eigenvalue weighted by molar-refractivity contribution is 9.10. The number of phenolic OH excluding ortho intramolecular Hbond substituents is 1. The zero-order valence-corrected chi connectivity index (χ0v) is 17.1. The van der Waals surface area contributed by atoms with E-state index in [1.807, 2.05) is 0 Å². The van der Waals surface area contributed by atoms with Crippen molar-refractivity contribution in [1.29, 1.82) is 0 Å². The highest BCUT2D eigenvalue weighted by atomic mass is 79.9. The van der Waals surface area contributed by atoms with Gasteiger partial charge in [-0.15, -0.1) is 11.3 Å². The summed E-state index contributed by atoms with van der Waals surface area (Å²) in [5.41, 5.74) is 0.760. The van der Waals surface area contributed by atoms with E-state index in [9.17, 15) is 14.7 Å². The van der Waals surface area contributed by atoms with Crippen LogP contribution in [0, 0.1) is 0 Å². The van der Waals surface area contributed by atoms with E-state index in [1.54, 1.807) is 36.4 Å². The van der Waals surface area contributed by atoms with Crippen molar-refractivity contribution in [2.24, 2.45) is 0 Å². The second kappa shape index (κ2) is 8.12. The molecule has 3 aromatic rings. The van der Waals surface area contributed by atoms with Crippen LogP contribution in [0.3, 0.4) is 0 Å². The molecule has 3 rings (SSSR count). The second-order valence-electron chi connectivity index (χ2n) is 5.49. The van der Waals surface area contributed by atoms with E-state index >= 15 is 0 Å². The maximum absolute atomic E-state index is 12.3. The monoisotopic (exact) mass is 465 g/mol. The lowest BCUT2D eigenvalue weighted by atomic mass is 10.1. The lowest BCUT2D eigenvalue weighted by Gasteiger charge is -2.05. The molecule has 0 aliphatic heterocycles. The predicted octanol–water partition coefficient (Wildman–Crippen LogP) is 3.06. The standard InChI is InChI=1S/C19H13BrClNO4S/c1-26-16-8-13(20)11(6-15(16)24)7-17-19(25)22-18(27-17)9-14(23)10-2-4-12(21)5-3-10/h2-9,24H,1H3,(H,22,25). The lowest BCUT2D eigenvalue weighted by molar-refractivity contribution is 0.106. The van der Waals surface area contributed by atoms with E-state index in [0.717, 1.165) is 11.3 Å². The summed E-state index contributed by atoms with van der Waals surface area (Å²) in [6.45, 7) is 0. The van der Waals surface area contributed by atoms with Crippen LogP contribution in [0.1, 0.15) is 15.9 Å². The van der Waals surface area contributed by atoms with Crippen molar-refractivity contribution in [3.63, 3.8) is 0 Å². The molecule has 0 bridgehead atoms. The number of aromatic hydroxyl groups is 1. The highest BCUT2D eigenvalue weighted by Gasteiger charge is 2.08. The highest BCUT2D eigenvalue weighted by Crippen LogP contribution is 2.32. The van der Waals surface area contributed by atoms with Crippen LogP contribution in [-0.4, -0.2) is 23.0 Å². The summed E-state index contributed by atoms with van der Waals surface area (Å²) >= 11 is 10.4. The Balaban J connectivity index is 2.01. The molecular formula is C19H13BrClNO4S. The van der Waals surface area contributed by atoms with Crippen molar-refractivity contribution in [1.82, 2.24) is 4.98 Å². The minimum absolute atomic E-state index is 0.0374.